The Bertz CT molecular complexity index is 700. The number of hydrogen-bond acceptors (Lipinski definition) is 2. The maximum Gasteiger partial charge on any atom is 0.231 e. The molecule has 0 saturated carbocycles. The number of H-pyrrole nitrogens is 1. The zero-order chi connectivity index (χ0) is 10.5. The van der Waals surface area contributed by atoms with Crippen molar-refractivity contribution in [3.63, 3.8) is 0 Å². The van der Waals surface area contributed by atoms with E-state index in [0.717, 1.165) is 22.5 Å². The van der Waals surface area contributed by atoms with Gasteiger partial charge in [-0.3, -0.25) is 0 Å². The van der Waals surface area contributed by atoms with Gasteiger partial charge in [0.05, 0.1) is 5.52 Å². The largest absolute Gasteiger partial charge is 0.454 e. The van der Waals surface area contributed by atoms with Crippen LogP contribution >= 0.6 is 0 Å². The van der Waals surface area contributed by atoms with Gasteiger partial charge in [-0.15, -0.1) is 0 Å². The Hall–Kier alpha value is -2.16. The third-order valence-corrected chi connectivity index (χ3v) is 3.00. The van der Waals surface area contributed by atoms with Crippen LogP contribution in [0.4, 0.5) is 0 Å². The van der Waals surface area contributed by atoms with Crippen molar-refractivity contribution in [2.45, 2.75) is 0 Å². The standard InChI is InChI=1S/C13H9NO2/c1-2-4-10-8(3-1)9-5-12-13(16-7-15-12)6-11(9)14-10/h1-6,14H,7H2. The highest BCUT2D eigenvalue weighted by molar-refractivity contribution is 6.08. The van der Waals surface area contributed by atoms with E-state index in [0.29, 0.717) is 6.79 Å². The minimum atomic E-state index is 0.319. The number of ether oxygens (including phenoxy) is 2. The summed E-state index contributed by atoms with van der Waals surface area (Å²) >= 11 is 0. The molecule has 0 saturated heterocycles. The van der Waals surface area contributed by atoms with Gasteiger partial charge >= 0.3 is 0 Å². The van der Waals surface area contributed by atoms with E-state index in [1.54, 1.807) is 0 Å². The molecule has 0 aliphatic carbocycles. The van der Waals surface area contributed by atoms with E-state index in [1.165, 1.54) is 10.8 Å². The van der Waals surface area contributed by atoms with Gasteiger partial charge in [0.15, 0.2) is 11.5 Å². The number of aromatic amines is 1. The summed E-state index contributed by atoms with van der Waals surface area (Å²) in [5, 5.41) is 2.40. The molecule has 2 aromatic carbocycles. The molecule has 1 N–H and O–H groups in total. The second-order valence-electron chi connectivity index (χ2n) is 3.92. The Kier molecular flexibility index (Phi) is 1.36. The summed E-state index contributed by atoms with van der Waals surface area (Å²) in [4.78, 5) is 3.37. The van der Waals surface area contributed by atoms with Crippen molar-refractivity contribution in [3.05, 3.63) is 36.4 Å². The highest BCUT2D eigenvalue weighted by atomic mass is 16.7. The van der Waals surface area contributed by atoms with E-state index in [1.807, 2.05) is 24.3 Å². The molecular formula is C13H9NO2. The maximum atomic E-state index is 5.39. The summed E-state index contributed by atoms with van der Waals surface area (Å²) in [6, 6.07) is 12.3. The van der Waals surface area contributed by atoms with Crippen LogP contribution in [0.25, 0.3) is 21.8 Å². The van der Waals surface area contributed by atoms with Crippen molar-refractivity contribution in [3.8, 4) is 11.5 Å². The molecule has 1 aliphatic rings. The van der Waals surface area contributed by atoms with E-state index < -0.39 is 0 Å². The van der Waals surface area contributed by atoms with Crippen LogP contribution < -0.4 is 9.47 Å². The fourth-order valence-electron chi connectivity index (χ4n) is 2.24. The fourth-order valence-corrected chi connectivity index (χ4v) is 2.24. The molecule has 0 fully saturated rings. The van der Waals surface area contributed by atoms with Crippen LogP contribution in [0.15, 0.2) is 36.4 Å². The van der Waals surface area contributed by atoms with E-state index in [2.05, 4.69) is 17.1 Å². The quantitative estimate of drug-likeness (QED) is 0.620. The first kappa shape index (κ1) is 8.05. The molecule has 0 atom stereocenters. The normalized spacial score (nSPS) is 13.8. The molecule has 2 heterocycles. The summed E-state index contributed by atoms with van der Waals surface area (Å²) in [6.07, 6.45) is 0. The average molecular weight is 211 g/mol. The zero-order valence-corrected chi connectivity index (χ0v) is 8.49. The monoisotopic (exact) mass is 211 g/mol. The molecule has 0 unspecified atom stereocenters. The van der Waals surface area contributed by atoms with Crippen LogP contribution in [0.5, 0.6) is 11.5 Å². The van der Waals surface area contributed by atoms with Gasteiger partial charge in [-0.1, -0.05) is 18.2 Å². The lowest BCUT2D eigenvalue weighted by Crippen LogP contribution is -1.92. The second kappa shape index (κ2) is 2.70. The van der Waals surface area contributed by atoms with Crippen LogP contribution in [-0.2, 0) is 0 Å². The lowest BCUT2D eigenvalue weighted by atomic mass is 10.1. The molecule has 3 aromatic rings. The van der Waals surface area contributed by atoms with Crippen LogP contribution in [0.3, 0.4) is 0 Å². The lowest BCUT2D eigenvalue weighted by Gasteiger charge is -1.95. The number of rotatable bonds is 0. The van der Waals surface area contributed by atoms with Crippen LogP contribution in [0.1, 0.15) is 0 Å². The predicted molar refractivity (Wildman–Crippen MR) is 61.9 cm³/mol. The number of nitrogens with one attached hydrogen (secondary N) is 1. The first-order chi connectivity index (χ1) is 7.92. The Labute approximate surface area is 91.6 Å². The van der Waals surface area contributed by atoms with Crippen LogP contribution in [0.2, 0.25) is 0 Å². The van der Waals surface area contributed by atoms with Gasteiger partial charge in [-0.05, 0) is 12.1 Å². The molecule has 78 valence electrons. The molecule has 16 heavy (non-hydrogen) atoms. The highest BCUT2D eigenvalue weighted by Gasteiger charge is 2.16. The number of aromatic nitrogens is 1. The van der Waals surface area contributed by atoms with Crippen LogP contribution in [0, 0.1) is 0 Å². The number of para-hydroxylation sites is 1. The van der Waals surface area contributed by atoms with Gasteiger partial charge in [0.1, 0.15) is 0 Å². The molecule has 3 heteroatoms. The summed E-state index contributed by atoms with van der Waals surface area (Å²) in [5.74, 6) is 1.65. The molecule has 0 spiro atoms. The molecule has 0 amide bonds. The van der Waals surface area contributed by atoms with Crippen LogP contribution in [-0.4, -0.2) is 11.8 Å². The van der Waals surface area contributed by atoms with Gasteiger partial charge < -0.3 is 14.5 Å². The average Bonchev–Trinajstić information content (AvgIpc) is 2.88. The molecule has 1 aromatic heterocycles. The Balaban J connectivity index is 2.19. The van der Waals surface area contributed by atoms with Gasteiger partial charge in [0.25, 0.3) is 0 Å². The summed E-state index contributed by atoms with van der Waals surface area (Å²) in [6.45, 7) is 0.319. The van der Waals surface area contributed by atoms with Gasteiger partial charge in [-0.2, -0.15) is 0 Å². The molecule has 1 aliphatic heterocycles. The van der Waals surface area contributed by atoms with E-state index in [9.17, 15) is 0 Å². The number of fused-ring (bicyclic) bond motifs is 4. The van der Waals surface area contributed by atoms with Crippen molar-refractivity contribution in [1.82, 2.24) is 4.98 Å². The Morgan fingerprint density at radius 3 is 2.62 bits per heavy atom. The molecule has 0 radical (unpaired) electrons. The molecular weight excluding hydrogens is 202 g/mol. The van der Waals surface area contributed by atoms with Crippen molar-refractivity contribution in [2.75, 3.05) is 6.79 Å². The minimum absolute atomic E-state index is 0.319. The van der Waals surface area contributed by atoms with Crippen molar-refractivity contribution in [2.24, 2.45) is 0 Å². The third kappa shape index (κ3) is 0.922. The first-order valence-electron chi connectivity index (χ1n) is 5.22. The third-order valence-electron chi connectivity index (χ3n) is 3.00. The van der Waals surface area contributed by atoms with E-state index in [-0.39, 0.29) is 0 Å². The second-order valence-corrected chi connectivity index (χ2v) is 3.92. The predicted octanol–water partition coefficient (Wildman–Crippen LogP) is 3.05. The highest BCUT2D eigenvalue weighted by Crippen LogP contribution is 2.38. The maximum absolute atomic E-state index is 5.39. The van der Waals surface area contributed by atoms with Crippen molar-refractivity contribution in [1.29, 1.82) is 0 Å². The van der Waals surface area contributed by atoms with E-state index in [4.69, 9.17) is 9.47 Å². The summed E-state index contributed by atoms with van der Waals surface area (Å²) in [5.41, 5.74) is 2.23. The molecule has 3 nitrogen and oxygen atoms in total. The van der Waals surface area contributed by atoms with Gasteiger partial charge in [0.2, 0.25) is 6.79 Å². The molecule has 0 bridgehead atoms. The topological polar surface area (TPSA) is 34.2 Å². The smallest absolute Gasteiger partial charge is 0.231 e. The van der Waals surface area contributed by atoms with Gasteiger partial charge in [0, 0.05) is 22.4 Å². The molecule has 4 rings (SSSR count). The number of benzene rings is 2. The first-order valence-corrected chi connectivity index (χ1v) is 5.22. The summed E-state index contributed by atoms with van der Waals surface area (Å²) in [7, 11) is 0. The van der Waals surface area contributed by atoms with Gasteiger partial charge in [-0.25, -0.2) is 0 Å². The minimum Gasteiger partial charge on any atom is -0.454 e. The van der Waals surface area contributed by atoms with E-state index >= 15 is 0 Å². The lowest BCUT2D eigenvalue weighted by molar-refractivity contribution is 0.174. The Morgan fingerprint density at radius 1 is 0.875 bits per heavy atom. The summed E-state index contributed by atoms with van der Waals surface area (Å²) < 4.78 is 10.7. The Morgan fingerprint density at radius 2 is 1.69 bits per heavy atom. The number of hydrogen-bond donors (Lipinski definition) is 1. The van der Waals surface area contributed by atoms with Crippen molar-refractivity contribution < 1.29 is 9.47 Å². The fraction of sp³-hybridized carbons (Fsp3) is 0.0769. The zero-order valence-electron chi connectivity index (χ0n) is 8.49. The SMILES string of the molecule is c1ccc2c(c1)[nH]c1cc3c(cc12)OCO3. The van der Waals surface area contributed by atoms with Crippen molar-refractivity contribution >= 4 is 21.8 Å².